The van der Waals surface area contributed by atoms with E-state index in [1.807, 2.05) is 6.26 Å². The molecule has 0 spiro atoms. The molecule has 0 aliphatic heterocycles. The number of hydrogen-bond donors (Lipinski definition) is 1. The predicted molar refractivity (Wildman–Crippen MR) is 85.9 cm³/mol. The molecule has 0 fully saturated rings. The van der Waals surface area contributed by atoms with Gasteiger partial charge in [0.15, 0.2) is 0 Å². The van der Waals surface area contributed by atoms with Crippen LogP contribution in [0.25, 0.3) is 0 Å². The zero-order valence-corrected chi connectivity index (χ0v) is 14.6. The molecule has 0 bridgehead atoms. The summed E-state index contributed by atoms with van der Waals surface area (Å²) in [4.78, 5) is 11.1. The predicted octanol–water partition coefficient (Wildman–Crippen LogP) is 2.72. The highest BCUT2D eigenvalue weighted by Crippen LogP contribution is 2.27. The van der Waals surface area contributed by atoms with E-state index in [2.05, 4.69) is 0 Å². The lowest BCUT2D eigenvalue weighted by Crippen LogP contribution is -2.37. The molecule has 0 saturated carbocycles. The third kappa shape index (κ3) is 3.91. The number of nitrogens with zero attached hydrogens (tertiary/aromatic N) is 1. The highest BCUT2D eigenvalue weighted by Gasteiger charge is 2.29. The summed E-state index contributed by atoms with van der Waals surface area (Å²) in [7, 11) is -2.31. The third-order valence-electron chi connectivity index (χ3n) is 3.24. The quantitative estimate of drug-likeness (QED) is 0.852. The Hall–Kier alpha value is -0.760. The van der Waals surface area contributed by atoms with Crippen molar-refractivity contribution in [2.45, 2.75) is 24.8 Å². The van der Waals surface area contributed by atoms with Crippen LogP contribution in [-0.4, -0.2) is 48.9 Å². The third-order valence-corrected chi connectivity index (χ3v) is 6.37. The van der Waals surface area contributed by atoms with Crippen molar-refractivity contribution in [2.75, 3.05) is 19.1 Å². The van der Waals surface area contributed by atoms with Crippen molar-refractivity contribution in [2.24, 2.45) is 0 Å². The lowest BCUT2D eigenvalue weighted by molar-refractivity contribution is 0.0696. The largest absolute Gasteiger partial charge is 0.478 e. The molecule has 0 aliphatic rings. The molecule has 0 saturated heterocycles. The van der Waals surface area contributed by atoms with Gasteiger partial charge < -0.3 is 5.11 Å². The van der Waals surface area contributed by atoms with E-state index in [-0.39, 0.29) is 27.1 Å². The van der Waals surface area contributed by atoms with E-state index in [1.54, 1.807) is 6.92 Å². The first-order valence-electron chi connectivity index (χ1n) is 6.13. The molecule has 8 heteroatoms. The van der Waals surface area contributed by atoms with Gasteiger partial charge in [0.05, 0.1) is 10.5 Å². The molecule has 0 aromatic heterocycles. The minimum Gasteiger partial charge on any atom is -0.478 e. The Kier molecular flexibility index (Phi) is 6.10. The summed E-state index contributed by atoms with van der Waals surface area (Å²) in [6.07, 6.45) is 1.89. The van der Waals surface area contributed by atoms with Gasteiger partial charge in [0.2, 0.25) is 10.0 Å². The number of carbonyl (C=O) groups is 1. The van der Waals surface area contributed by atoms with E-state index < -0.39 is 16.0 Å². The van der Waals surface area contributed by atoms with Crippen LogP contribution in [0.3, 0.4) is 0 Å². The zero-order valence-electron chi connectivity index (χ0n) is 12.3. The summed E-state index contributed by atoms with van der Waals surface area (Å²) in [5.74, 6) is -0.563. The van der Waals surface area contributed by atoms with E-state index in [0.717, 1.165) is 0 Å². The van der Waals surface area contributed by atoms with Crippen molar-refractivity contribution in [3.05, 3.63) is 28.3 Å². The fraction of sp³-hybridized carbons (Fsp3) is 0.462. The van der Waals surface area contributed by atoms with Gasteiger partial charge in [-0.2, -0.15) is 16.1 Å². The minimum atomic E-state index is -3.80. The molecule has 0 heterocycles. The number of hydrogen-bond acceptors (Lipinski definition) is 4. The van der Waals surface area contributed by atoms with Crippen LogP contribution in [0.2, 0.25) is 5.02 Å². The maximum Gasteiger partial charge on any atom is 0.336 e. The van der Waals surface area contributed by atoms with Gasteiger partial charge >= 0.3 is 5.97 Å². The molecule has 1 N–H and O–H groups in total. The van der Waals surface area contributed by atoms with E-state index in [9.17, 15) is 13.2 Å². The Bertz CT molecular complexity index is 646. The SMILES string of the molecule is CSCC(C)N(C)S(=O)(=O)c1cc(Cl)cc(C(=O)O)c1C. The molecule has 5 nitrogen and oxygen atoms in total. The number of rotatable bonds is 6. The van der Waals surface area contributed by atoms with Crippen molar-refractivity contribution >= 4 is 39.4 Å². The van der Waals surface area contributed by atoms with Crippen LogP contribution in [-0.2, 0) is 10.0 Å². The smallest absolute Gasteiger partial charge is 0.336 e. The van der Waals surface area contributed by atoms with Crippen LogP contribution in [0.4, 0.5) is 0 Å². The fourth-order valence-electron chi connectivity index (χ4n) is 1.88. The van der Waals surface area contributed by atoms with Crippen LogP contribution in [0.1, 0.15) is 22.8 Å². The van der Waals surface area contributed by atoms with Gasteiger partial charge in [0.1, 0.15) is 0 Å². The standard InChI is InChI=1S/C13H18ClNO4S2/c1-8(7-20-4)15(3)21(18,19)12-6-10(14)5-11(9(12)2)13(16)17/h5-6,8H,7H2,1-4H3,(H,16,17). The molecule has 0 amide bonds. The molecular formula is C13H18ClNO4S2. The highest BCUT2D eigenvalue weighted by molar-refractivity contribution is 7.98. The number of halogens is 1. The Morgan fingerprint density at radius 3 is 2.52 bits per heavy atom. The first-order chi connectivity index (χ1) is 9.62. The minimum absolute atomic E-state index is 0.0668. The normalized spacial score (nSPS) is 13.4. The monoisotopic (exact) mass is 351 g/mol. The van der Waals surface area contributed by atoms with E-state index in [4.69, 9.17) is 16.7 Å². The van der Waals surface area contributed by atoms with Crippen molar-refractivity contribution in [1.29, 1.82) is 0 Å². The van der Waals surface area contributed by atoms with Crippen LogP contribution < -0.4 is 0 Å². The number of aromatic carboxylic acids is 1. The van der Waals surface area contributed by atoms with Crippen LogP contribution in [0.15, 0.2) is 17.0 Å². The number of carboxylic acids is 1. The molecule has 21 heavy (non-hydrogen) atoms. The van der Waals surface area contributed by atoms with Crippen molar-refractivity contribution in [3.63, 3.8) is 0 Å². The van der Waals surface area contributed by atoms with Crippen LogP contribution in [0.5, 0.6) is 0 Å². The average Bonchev–Trinajstić information content (AvgIpc) is 2.39. The number of carboxylic acid groups (broad SMARTS) is 1. The second-order valence-corrected chi connectivity index (χ2v) is 8.02. The average molecular weight is 352 g/mol. The van der Waals surface area contributed by atoms with Gasteiger partial charge in [-0.05, 0) is 37.8 Å². The topological polar surface area (TPSA) is 74.7 Å². The molecule has 1 atom stereocenters. The molecule has 1 rings (SSSR count). The Labute approximate surface area is 134 Å². The maximum atomic E-state index is 12.7. The van der Waals surface area contributed by atoms with Gasteiger partial charge in [-0.25, -0.2) is 13.2 Å². The lowest BCUT2D eigenvalue weighted by Gasteiger charge is -2.25. The van der Waals surface area contributed by atoms with Gasteiger partial charge in [-0.3, -0.25) is 0 Å². The van der Waals surface area contributed by atoms with Crippen LogP contribution in [0, 0.1) is 6.92 Å². The maximum absolute atomic E-state index is 12.7. The molecule has 1 aromatic rings. The molecule has 0 aliphatic carbocycles. The van der Waals surface area contributed by atoms with E-state index in [0.29, 0.717) is 5.75 Å². The lowest BCUT2D eigenvalue weighted by atomic mass is 10.1. The fourth-order valence-corrected chi connectivity index (χ4v) is 4.60. The summed E-state index contributed by atoms with van der Waals surface area (Å²) < 4.78 is 26.6. The highest BCUT2D eigenvalue weighted by atomic mass is 35.5. The van der Waals surface area contributed by atoms with Crippen molar-refractivity contribution < 1.29 is 18.3 Å². The van der Waals surface area contributed by atoms with Gasteiger partial charge in [0.25, 0.3) is 0 Å². The molecular weight excluding hydrogens is 334 g/mol. The summed E-state index contributed by atoms with van der Waals surface area (Å²) in [5, 5.41) is 9.23. The molecule has 118 valence electrons. The molecule has 1 aromatic carbocycles. The summed E-state index contributed by atoms with van der Waals surface area (Å²) in [6.45, 7) is 3.27. The Morgan fingerprint density at radius 1 is 1.48 bits per heavy atom. The summed E-state index contributed by atoms with van der Waals surface area (Å²) in [5.41, 5.74) is 0.0853. The summed E-state index contributed by atoms with van der Waals surface area (Å²) in [6, 6.07) is 2.33. The molecule has 1 unspecified atom stereocenters. The van der Waals surface area contributed by atoms with Gasteiger partial charge in [-0.15, -0.1) is 0 Å². The second-order valence-electron chi connectivity index (χ2n) is 4.71. The Morgan fingerprint density at radius 2 is 2.05 bits per heavy atom. The first-order valence-corrected chi connectivity index (χ1v) is 9.34. The van der Waals surface area contributed by atoms with E-state index >= 15 is 0 Å². The second kappa shape index (κ2) is 7.00. The van der Waals surface area contributed by atoms with Gasteiger partial charge in [-0.1, -0.05) is 11.6 Å². The number of thioether (sulfide) groups is 1. The summed E-state index contributed by atoms with van der Waals surface area (Å²) >= 11 is 7.41. The van der Waals surface area contributed by atoms with Crippen molar-refractivity contribution in [3.8, 4) is 0 Å². The van der Waals surface area contributed by atoms with E-state index in [1.165, 1.54) is 42.2 Å². The van der Waals surface area contributed by atoms with Gasteiger partial charge in [0, 0.05) is 23.9 Å². The number of sulfonamides is 1. The van der Waals surface area contributed by atoms with Crippen LogP contribution >= 0.6 is 23.4 Å². The first kappa shape index (κ1) is 18.3. The van der Waals surface area contributed by atoms with Crippen molar-refractivity contribution in [1.82, 2.24) is 4.31 Å². The zero-order chi connectivity index (χ0) is 16.4. The molecule has 0 radical (unpaired) electrons. The Balaban J connectivity index is 3.42. The number of benzene rings is 1.